The molecule has 2 fully saturated rings. The van der Waals surface area contributed by atoms with Crippen molar-refractivity contribution in [2.45, 2.75) is 52.5 Å². The third kappa shape index (κ3) is 2.92. The first-order valence-corrected chi connectivity index (χ1v) is 8.18. The van der Waals surface area contributed by atoms with Crippen molar-refractivity contribution >= 4 is 11.7 Å². The molecule has 0 saturated heterocycles. The van der Waals surface area contributed by atoms with Crippen LogP contribution in [0.25, 0.3) is 0 Å². The van der Waals surface area contributed by atoms with Gasteiger partial charge in [0.05, 0.1) is 0 Å². The number of benzene rings is 1. The number of hydrogen-bond acceptors (Lipinski definition) is 1. The maximum Gasteiger partial charge on any atom is 0.319 e. The van der Waals surface area contributed by atoms with Crippen molar-refractivity contribution in [3.05, 3.63) is 29.3 Å². The SMILES string of the molecule is Cc1cccc(NC(=O)N[C@H](C)[C@H]2C[C@@H]3CC[C@@H]2C3)c1C. The van der Waals surface area contributed by atoms with Crippen LogP contribution in [0.3, 0.4) is 0 Å². The van der Waals surface area contributed by atoms with Gasteiger partial charge in [0, 0.05) is 11.7 Å². The molecule has 2 bridgehead atoms. The summed E-state index contributed by atoms with van der Waals surface area (Å²) in [6, 6.07) is 6.21. The molecule has 0 heterocycles. The molecule has 0 radical (unpaired) electrons. The predicted octanol–water partition coefficient (Wildman–Crippen LogP) is 4.25. The minimum absolute atomic E-state index is 0.0704. The molecule has 0 aromatic heterocycles. The monoisotopic (exact) mass is 286 g/mol. The summed E-state index contributed by atoms with van der Waals surface area (Å²) in [7, 11) is 0. The van der Waals surface area contributed by atoms with Gasteiger partial charge in [-0.3, -0.25) is 0 Å². The Kier molecular flexibility index (Phi) is 3.92. The van der Waals surface area contributed by atoms with E-state index in [2.05, 4.69) is 30.5 Å². The number of nitrogens with one attached hydrogen (secondary N) is 2. The maximum absolute atomic E-state index is 12.2. The fraction of sp³-hybridized carbons (Fsp3) is 0.611. The molecular weight excluding hydrogens is 260 g/mol. The number of rotatable bonds is 3. The molecule has 1 aromatic carbocycles. The van der Waals surface area contributed by atoms with E-state index in [4.69, 9.17) is 0 Å². The van der Waals surface area contributed by atoms with Gasteiger partial charge in [0.25, 0.3) is 0 Å². The van der Waals surface area contributed by atoms with Gasteiger partial charge in [-0.1, -0.05) is 18.6 Å². The molecule has 0 aliphatic heterocycles. The van der Waals surface area contributed by atoms with Gasteiger partial charge in [-0.2, -0.15) is 0 Å². The highest BCUT2D eigenvalue weighted by molar-refractivity contribution is 5.90. The van der Waals surface area contributed by atoms with Crippen molar-refractivity contribution in [1.82, 2.24) is 5.32 Å². The van der Waals surface area contributed by atoms with Gasteiger partial charge in [-0.15, -0.1) is 0 Å². The quantitative estimate of drug-likeness (QED) is 0.857. The molecule has 3 heteroatoms. The Morgan fingerprint density at radius 3 is 2.71 bits per heavy atom. The third-order valence-corrected chi connectivity index (χ3v) is 5.65. The second-order valence-corrected chi connectivity index (χ2v) is 6.97. The number of carbonyl (C=O) groups is 1. The second-order valence-electron chi connectivity index (χ2n) is 6.97. The van der Waals surface area contributed by atoms with Crippen LogP contribution in [0.2, 0.25) is 0 Å². The molecule has 2 amide bonds. The largest absolute Gasteiger partial charge is 0.335 e. The van der Waals surface area contributed by atoms with E-state index in [0.717, 1.165) is 23.1 Å². The van der Waals surface area contributed by atoms with E-state index in [0.29, 0.717) is 5.92 Å². The smallest absolute Gasteiger partial charge is 0.319 e. The van der Waals surface area contributed by atoms with Crippen LogP contribution < -0.4 is 10.6 Å². The lowest BCUT2D eigenvalue weighted by molar-refractivity contribution is 0.230. The van der Waals surface area contributed by atoms with E-state index in [9.17, 15) is 4.79 Å². The van der Waals surface area contributed by atoms with Crippen LogP contribution in [0, 0.1) is 31.6 Å². The molecular formula is C18H26N2O. The molecule has 2 aliphatic rings. The number of urea groups is 1. The van der Waals surface area contributed by atoms with Crippen LogP contribution in [0.1, 0.15) is 43.7 Å². The summed E-state index contributed by atoms with van der Waals surface area (Å²) in [5.74, 6) is 2.44. The fourth-order valence-corrected chi connectivity index (χ4v) is 4.27. The Labute approximate surface area is 127 Å². The molecule has 3 rings (SSSR count). The minimum atomic E-state index is -0.0704. The average Bonchev–Trinajstić information content (AvgIpc) is 3.06. The predicted molar refractivity (Wildman–Crippen MR) is 86.5 cm³/mol. The van der Waals surface area contributed by atoms with E-state index in [-0.39, 0.29) is 12.1 Å². The van der Waals surface area contributed by atoms with Crippen molar-refractivity contribution in [2.24, 2.45) is 17.8 Å². The van der Waals surface area contributed by atoms with Crippen molar-refractivity contribution in [1.29, 1.82) is 0 Å². The number of amides is 2. The number of carbonyl (C=O) groups excluding carboxylic acids is 1. The van der Waals surface area contributed by atoms with Crippen molar-refractivity contribution in [2.75, 3.05) is 5.32 Å². The molecule has 3 nitrogen and oxygen atoms in total. The van der Waals surface area contributed by atoms with E-state index in [1.807, 2.05) is 19.1 Å². The number of hydrogen-bond donors (Lipinski definition) is 2. The number of fused-ring (bicyclic) bond motifs is 2. The Hall–Kier alpha value is -1.51. The third-order valence-electron chi connectivity index (χ3n) is 5.65. The minimum Gasteiger partial charge on any atom is -0.335 e. The molecule has 21 heavy (non-hydrogen) atoms. The number of aryl methyl sites for hydroxylation is 1. The Morgan fingerprint density at radius 1 is 1.24 bits per heavy atom. The lowest BCUT2D eigenvalue weighted by atomic mass is 9.84. The van der Waals surface area contributed by atoms with Gasteiger partial charge in [0.2, 0.25) is 0 Å². The topological polar surface area (TPSA) is 41.1 Å². The summed E-state index contributed by atoms with van der Waals surface area (Å²) in [6.45, 7) is 6.27. The summed E-state index contributed by atoms with van der Waals surface area (Å²) in [4.78, 5) is 12.2. The first-order valence-electron chi connectivity index (χ1n) is 8.18. The maximum atomic E-state index is 12.2. The summed E-state index contributed by atoms with van der Waals surface area (Å²) < 4.78 is 0. The molecule has 2 N–H and O–H groups in total. The van der Waals surface area contributed by atoms with Crippen LogP contribution in [0.5, 0.6) is 0 Å². The van der Waals surface area contributed by atoms with Gasteiger partial charge in [0.15, 0.2) is 0 Å². The Balaban J connectivity index is 1.58. The summed E-state index contributed by atoms with van der Waals surface area (Å²) in [5, 5.41) is 6.15. The molecule has 1 aromatic rings. The van der Waals surface area contributed by atoms with Crippen LogP contribution >= 0.6 is 0 Å². The second kappa shape index (κ2) is 5.70. The molecule has 0 spiro atoms. The highest BCUT2D eigenvalue weighted by Crippen LogP contribution is 2.49. The van der Waals surface area contributed by atoms with Gasteiger partial charge in [-0.25, -0.2) is 4.79 Å². The van der Waals surface area contributed by atoms with Crippen molar-refractivity contribution in [3.63, 3.8) is 0 Å². The molecule has 114 valence electrons. The lowest BCUT2D eigenvalue weighted by Crippen LogP contribution is -2.42. The van der Waals surface area contributed by atoms with Gasteiger partial charge < -0.3 is 10.6 Å². The first-order chi connectivity index (χ1) is 10.0. The fourth-order valence-electron chi connectivity index (χ4n) is 4.27. The molecule has 4 atom stereocenters. The summed E-state index contributed by atoms with van der Waals surface area (Å²) in [5.41, 5.74) is 3.25. The normalized spacial score (nSPS) is 28.4. The molecule has 2 aliphatic carbocycles. The lowest BCUT2D eigenvalue weighted by Gasteiger charge is -2.28. The van der Waals surface area contributed by atoms with E-state index >= 15 is 0 Å². The summed E-state index contributed by atoms with van der Waals surface area (Å²) >= 11 is 0. The van der Waals surface area contributed by atoms with Crippen molar-refractivity contribution < 1.29 is 4.79 Å². The van der Waals surface area contributed by atoms with Crippen LogP contribution in [0.4, 0.5) is 10.5 Å². The van der Waals surface area contributed by atoms with E-state index in [1.165, 1.54) is 31.2 Å². The zero-order valence-electron chi connectivity index (χ0n) is 13.3. The van der Waals surface area contributed by atoms with E-state index in [1.54, 1.807) is 0 Å². The zero-order chi connectivity index (χ0) is 15.0. The Bertz CT molecular complexity index is 540. The van der Waals surface area contributed by atoms with Gasteiger partial charge in [-0.05, 0) is 75.0 Å². The van der Waals surface area contributed by atoms with Crippen LogP contribution in [-0.2, 0) is 0 Å². The highest BCUT2D eigenvalue weighted by atomic mass is 16.2. The zero-order valence-corrected chi connectivity index (χ0v) is 13.3. The first kappa shape index (κ1) is 14.4. The summed E-state index contributed by atoms with van der Waals surface area (Å²) in [6.07, 6.45) is 5.45. The van der Waals surface area contributed by atoms with E-state index < -0.39 is 0 Å². The van der Waals surface area contributed by atoms with Crippen LogP contribution in [0.15, 0.2) is 18.2 Å². The van der Waals surface area contributed by atoms with Crippen molar-refractivity contribution in [3.8, 4) is 0 Å². The Morgan fingerprint density at radius 2 is 2.05 bits per heavy atom. The van der Waals surface area contributed by atoms with Crippen LogP contribution in [-0.4, -0.2) is 12.1 Å². The number of anilines is 1. The average molecular weight is 286 g/mol. The highest BCUT2D eigenvalue weighted by Gasteiger charge is 2.42. The molecule has 2 saturated carbocycles. The molecule has 0 unspecified atom stereocenters. The van der Waals surface area contributed by atoms with Gasteiger partial charge >= 0.3 is 6.03 Å². The van der Waals surface area contributed by atoms with Gasteiger partial charge in [0.1, 0.15) is 0 Å². The standard InChI is InChI=1S/C18H26N2O/c1-11-5-4-6-17(12(11)2)20-18(21)19-13(3)16-10-14-7-8-15(16)9-14/h4-6,13-16H,7-10H2,1-3H3,(H2,19,20,21)/t13-,14-,15-,16-/m1/s1.